The molecule has 3 heteroatoms. The molecule has 0 saturated carbocycles. The van der Waals surface area contributed by atoms with Crippen molar-refractivity contribution < 1.29 is 0 Å². The normalized spacial score (nSPS) is 9.20. The predicted molar refractivity (Wildman–Crippen MR) is 60.6 cm³/mol. The highest BCUT2D eigenvalue weighted by Crippen LogP contribution is 2.11. The van der Waals surface area contributed by atoms with Crippen LogP contribution in [0.15, 0.2) is 24.7 Å². The van der Waals surface area contributed by atoms with Crippen LogP contribution in [-0.4, -0.2) is 9.38 Å². The lowest BCUT2D eigenvalue weighted by Gasteiger charge is -2.02. The number of imidazole rings is 1. The molecule has 3 nitrogen and oxygen atoms in total. The van der Waals surface area contributed by atoms with E-state index in [1.165, 1.54) is 0 Å². The Morgan fingerprint density at radius 2 is 2.20 bits per heavy atom. The lowest BCUT2D eigenvalue weighted by atomic mass is 10.1. The van der Waals surface area contributed by atoms with Crippen molar-refractivity contribution in [3.05, 3.63) is 35.8 Å². The summed E-state index contributed by atoms with van der Waals surface area (Å²) in [6, 6.07) is 4.14. The van der Waals surface area contributed by atoms with Gasteiger partial charge >= 0.3 is 0 Å². The molecule has 15 heavy (non-hydrogen) atoms. The largest absolute Gasteiger partial charge is 0.307 e. The van der Waals surface area contributed by atoms with Crippen molar-refractivity contribution in [1.29, 1.82) is 5.26 Å². The monoisotopic (exact) mass is 201 g/mol. The number of fused-ring (bicyclic) bond motifs is 1. The summed E-state index contributed by atoms with van der Waals surface area (Å²) < 4.78 is 1.93. The minimum atomic E-state index is 0.458. The van der Waals surface area contributed by atoms with E-state index >= 15 is 0 Å². The van der Waals surface area contributed by atoms with Gasteiger partial charge in [0.25, 0.3) is 0 Å². The highest BCUT2D eigenvalue weighted by atomic mass is 15.0. The molecule has 0 unspecified atom stereocenters. The summed E-state index contributed by atoms with van der Waals surface area (Å²) in [6.45, 7) is 6.00. The molecule has 2 rings (SSSR count). The average Bonchev–Trinajstić information content (AvgIpc) is 2.69. The summed E-state index contributed by atoms with van der Waals surface area (Å²) in [6.07, 6.45) is 6.06. The van der Waals surface area contributed by atoms with Crippen LogP contribution < -0.4 is 0 Å². The van der Waals surface area contributed by atoms with Crippen LogP contribution in [0.5, 0.6) is 0 Å². The fraction of sp³-hybridized carbons (Fsp3) is 0.333. The smallest absolute Gasteiger partial charge is 0.136 e. The SMILES string of the molecule is CC.Cc1cc2nccn2cc1CC#N. The van der Waals surface area contributed by atoms with Gasteiger partial charge in [-0.25, -0.2) is 4.98 Å². The number of nitrogens with zero attached hydrogens (tertiary/aromatic N) is 3. The van der Waals surface area contributed by atoms with E-state index in [-0.39, 0.29) is 0 Å². The zero-order chi connectivity index (χ0) is 11.3. The van der Waals surface area contributed by atoms with Gasteiger partial charge in [0.2, 0.25) is 0 Å². The molecule has 0 radical (unpaired) electrons. The Balaban J connectivity index is 0.000000531. The second-order valence-corrected chi connectivity index (χ2v) is 3.01. The molecule has 0 N–H and O–H groups in total. The summed E-state index contributed by atoms with van der Waals surface area (Å²) in [5.74, 6) is 0. The van der Waals surface area contributed by atoms with Crippen LogP contribution in [0.2, 0.25) is 0 Å². The summed E-state index contributed by atoms with van der Waals surface area (Å²) in [5.41, 5.74) is 3.12. The van der Waals surface area contributed by atoms with E-state index in [4.69, 9.17) is 5.26 Å². The Morgan fingerprint density at radius 1 is 1.47 bits per heavy atom. The van der Waals surface area contributed by atoms with Crippen molar-refractivity contribution in [2.75, 3.05) is 0 Å². The van der Waals surface area contributed by atoms with Crippen LogP contribution in [-0.2, 0) is 6.42 Å². The molecule has 0 aliphatic carbocycles. The zero-order valence-corrected chi connectivity index (χ0v) is 9.36. The van der Waals surface area contributed by atoms with Crippen LogP contribution in [0.3, 0.4) is 0 Å². The number of hydrogen-bond acceptors (Lipinski definition) is 2. The van der Waals surface area contributed by atoms with Gasteiger partial charge in [-0.1, -0.05) is 13.8 Å². The van der Waals surface area contributed by atoms with E-state index in [0.29, 0.717) is 6.42 Å². The third kappa shape index (κ3) is 2.35. The van der Waals surface area contributed by atoms with Gasteiger partial charge in [0.05, 0.1) is 12.5 Å². The fourth-order valence-electron chi connectivity index (χ4n) is 1.37. The number of hydrogen-bond donors (Lipinski definition) is 0. The summed E-state index contributed by atoms with van der Waals surface area (Å²) in [5, 5.41) is 8.59. The van der Waals surface area contributed by atoms with Gasteiger partial charge in [0.15, 0.2) is 0 Å². The van der Waals surface area contributed by atoms with Gasteiger partial charge < -0.3 is 4.40 Å². The number of nitriles is 1. The molecule has 78 valence electrons. The third-order valence-electron chi connectivity index (χ3n) is 2.12. The van der Waals surface area contributed by atoms with E-state index in [1.807, 2.05) is 43.6 Å². The molecule has 0 atom stereocenters. The van der Waals surface area contributed by atoms with Gasteiger partial charge in [-0.2, -0.15) is 5.26 Å². The lowest BCUT2D eigenvalue weighted by Crippen LogP contribution is -1.92. The topological polar surface area (TPSA) is 41.1 Å². The van der Waals surface area contributed by atoms with Gasteiger partial charge in [-0.3, -0.25) is 0 Å². The van der Waals surface area contributed by atoms with Crippen LogP contribution in [0.1, 0.15) is 25.0 Å². The van der Waals surface area contributed by atoms with Crippen LogP contribution in [0.25, 0.3) is 5.65 Å². The van der Waals surface area contributed by atoms with Gasteiger partial charge in [-0.05, 0) is 24.1 Å². The number of aryl methyl sites for hydroxylation is 1. The van der Waals surface area contributed by atoms with Crippen molar-refractivity contribution in [2.24, 2.45) is 0 Å². The van der Waals surface area contributed by atoms with Gasteiger partial charge in [0, 0.05) is 18.6 Å². The summed E-state index contributed by atoms with van der Waals surface area (Å²) in [4.78, 5) is 4.16. The molecule has 2 aromatic heterocycles. The lowest BCUT2D eigenvalue weighted by molar-refractivity contribution is 1.10. The van der Waals surface area contributed by atoms with Gasteiger partial charge in [0.1, 0.15) is 5.65 Å². The minimum Gasteiger partial charge on any atom is -0.307 e. The number of aromatic nitrogens is 2. The highest BCUT2D eigenvalue weighted by molar-refractivity contribution is 5.44. The summed E-state index contributed by atoms with van der Waals surface area (Å²) >= 11 is 0. The van der Waals surface area contributed by atoms with E-state index in [1.54, 1.807) is 6.20 Å². The molecule has 0 saturated heterocycles. The fourth-order valence-corrected chi connectivity index (χ4v) is 1.37. The first-order valence-corrected chi connectivity index (χ1v) is 5.10. The first kappa shape index (κ1) is 11.3. The van der Waals surface area contributed by atoms with Crippen LogP contribution >= 0.6 is 0 Å². The number of pyridine rings is 1. The quantitative estimate of drug-likeness (QED) is 0.711. The Hall–Kier alpha value is -1.82. The van der Waals surface area contributed by atoms with Crippen molar-refractivity contribution >= 4 is 5.65 Å². The second-order valence-electron chi connectivity index (χ2n) is 3.01. The third-order valence-corrected chi connectivity index (χ3v) is 2.12. The molecular weight excluding hydrogens is 186 g/mol. The zero-order valence-electron chi connectivity index (χ0n) is 9.36. The Kier molecular flexibility index (Phi) is 3.87. The van der Waals surface area contributed by atoms with E-state index in [2.05, 4.69) is 11.1 Å². The maximum atomic E-state index is 8.59. The van der Waals surface area contributed by atoms with E-state index < -0.39 is 0 Å². The van der Waals surface area contributed by atoms with E-state index in [0.717, 1.165) is 16.8 Å². The van der Waals surface area contributed by atoms with E-state index in [9.17, 15) is 0 Å². The molecule has 2 heterocycles. The Labute approximate surface area is 90.0 Å². The molecule has 0 amide bonds. The maximum Gasteiger partial charge on any atom is 0.136 e. The summed E-state index contributed by atoms with van der Waals surface area (Å²) in [7, 11) is 0. The van der Waals surface area contributed by atoms with Crippen molar-refractivity contribution in [3.63, 3.8) is 0 Å². The Bertz CT molecular complexity index is 477. The molecular formula is C12H15N3. The molecule has 0 bridgehead atoms. The minimum absolute atomic E-state index is 0.458. The molecule has 0 aromatic carbocycles. The van der Waals surface area contributed by atoms with Crippen LogP contribution in [0, 0.1) is 18.3 Å². The molecule has 0 aliphatic heterocycles. The van der Waals surface area contributed by atoms with Crippen molar-refractivity contribution in [3.8, 4) is 6.07 Å². The molecule has 0 spiro atoms. The first-order chi connectivity index (χ1) is 7.31. The molecule has 0 fully saturated rings. The maximum absolute atomic E-state index is 8.59. The van der Waals surface area contributed by atoms with Gasteiger partial charge in [-0.15, -0.1) is 0 Å². The predicted octanol–water partition coefficient (Wildman–Crippen LogP) is 2.74. The first-order valence-electron chi connectivity index (χ1n) is 5.10. The van der Waals surface area contributed by atoms with Crippen molar-refractivity contribution in [2.45, 2.75) is 27.2 Å². The second kappa shape index (κ2) is 5.16. The number of rotatable bonds is 1. The molecule has 2 aromatic rings. The molecule has 0 aliphatic rings. The Morgan fingerprint density at radius 3 is 2.87 bits per heavy atom. The highest BCUT2D eigenvalue weighted by Gasteiger charge is 2.00. The van der Waals surface area contributed by atoms with Crippen LogP contribution in [0.4, 0.5) is 0 Å². The van der Waals surface area contributed by atoms with Crippen molar-refractivity contribution in [1.82, 2.24) is 9.38 Å². The standard InChI is InChI=1S/C10H9N3.C2H6/c1-8-6-10-12-4-5-13(10)7-9(8)2-3-11;1-2/h4-7H,2H2,1H3;1-2H3. The average molecular weight is 201 g/mol.